The van der Waals surface area contributed by atoms with Crippen LogP contribution in [0.1, 0.15) is 42.8 Å². The largest absolute Gasteiger partial charge is 0.434 e. The standard InChI is InChI=1S/C17H26F3N5OS.HI/c1-21-16(23-7-6-15-25-13(11-27-15)17(18,19)20)24-9-8-22-14(26)10-12-4-2-3-5-12;/h11-12H,2-10H2,1H3,(H,22,26)(H2,21,23,24);1H. The summed E-state index contributed by atoms with van der Waals surface area (Å²) in [7, 11) is 1.61. The number of halogens is 4. The van der Waals surface area contributed by atoms with Crippen molar-refractivity contribution in [3.05, 3.63) is 16.1 Å². The molecule has 1 amide bonds. The summed E-state index contributed by atoms with van der Waals surface area (Å²) >= 11 is 0.994. The van der Waals surface area contributed by atoms with Crippen LogP contribution >= 0.6 is 35.3 Å². The Morgan fingerprint density at radius 1 is 1.21 bits per heavy atom. The molecule has 1 aliphatic carbocycles. The van der Waals surface area contributed by atoms with Crippen LogP contribution < -0.4 is 16.0 Å². The molecule has 1 aliphatic rings. The van der Waals surface area contributed by atoms with Crippen LogP contribution in [0.3, 0.4) is 0 Å². The van der Waals surface area contributed by atoms with Gasteiger partial charge in [-0.05, 0) is 18.8 Å². The van der Waals surface area contributed by atoms with Crippen molar-refractivity contribution in [3.63, 3.8) is 0 Å². The van der Waals surface area contributed by atoms with Crippen molar-refractivity contribution in [2.24, 2.45) is 10.9 Å². The Labute approximate surface area is 184 Å². The number of aromatic nitrogens is 1. The van der Waals surface area contributed by atoms with E-state index in [4.69, 9.17) is 0 Å². The number of thiazole rings is 1. The number of guanidine groups is 1. The fraction of sp³-hybridized carbons (Fsp3) is 0.706. The minimum Gasteiger partial charge on any atom is -0.356 e. The number of hydrogen-bond donors (Lipinski definition) is 3. The summed E-state index contributed by atoms with van der Waals surface area (Å²) in [5.74, 6) is 1.14. The zero-order chi connectivity index (χ0) is 19.7. The molecule has 6 nitrogen and oxygen atoms in total. The highest BCUT2D eigenvalue weighted by molar-refractivity contribution is 14.0. The molecule has 0 spiro atoms. The SMILES string of the molecule is CN=C(NCCNC(=O)CC1CCCC1)NCCc1nc(C(F)(F)F)cs1.I. The number of rotatable bonds is 8. The molecule has 0 radical (unpaired) electrons. The minimum atomic E-state index is -4.40. The third-order valence-corrected chi connectivity index (χ3v) is 5.29. The minimum absolute atomic E-state index is 0. The van der Waals surface area contributed by atoms with Crippen molar-refractivity contribution in [3.8, 4) is 0 Å². The molecule has 0 unspecified atom stereocenters. The Morgan fingerprint density at radius 3 is 2.46 bits per heavy atom. The summed E-state index contributed by atoms with van der Waals surface area (Å²) in [4.78, 5) is 19.5. The van der Waals surface area contributed by atoms with Crippen LogP contribution in [-0.4, -0.2) is 43.5 Å². The lowest BCUT2D eigenvalue weighted by Gasteiger charge is -2.13. The fourth-order valence-electron chi connectivity index (χ4n) is 3.00. The van der Waals surface area contributed by atoms with E-state index in [-0.39, 0.29) is 29.9 Å². The van der Waals surface area contributed by atoms with Crippen LogP contribution in [0.5, 0.6) is 0 Å². The number of aliphatic imine (C=N–C) groups is 1. The Bertz CT molecular complexity index is 633. The van der Waals surface area contributed by atoms with Gasteiger partial charge >= 0.3 is 6.18 Å². The molecule has 0 aliphatic heterocycles. The van der Waals surface area contributed by atoms with Gasteiger partial charge in [0, 0.05) is 44.9 Å². The maximum absolute atomic E-state index is 12.5. The van der Waals surface area contributed by atoms with Gasteiger partial charge in [0.1, 0.15) is 0 Å². The lowest BCUT2D eigenvalue weighted by Crippen LogP contribution is -2.42. The number of hydrogen-bond acceptors (Lipinski definition) is 4. The molecule has 0 bridgehead atoms. The van der Waals surface area contributed by atoms with Crippen LogP contribution in [0.4, 0.5) is 13.2 Å². The number of amides is 1. The van der Waals surface area contributed by atoms with Gasteiger partial charge in [0.05, 0.1) is 5.01 Å². The Hall–Kier alpha value is -1.11. The van der Waals surface area contributed by atoms with Gasteiger partial charge in [0.15, 0.2) is 11.7 Å². The van der Waals surface area contributed by atoms with E-state index in [1.807, 2.05) is 0 Å². The normalized spacial score (nSPS) is 15.2. The summed E-state index contributed by atoms with van der Waals surface area (Å²) in [6.45, 7) is 1.43. The second-order valence-electron chi connectivity index (χ2n) is 6.50. The van der Waals surface area contributed by atoms with Gasteiger partial charge in [-0.2, -0.15) is 13.2 Å². The van der Waals surface area contributed by atoms with Crippen molar-refractivity contribution < 1.29 is 18.0 Å². The first-order chi connectivity index (χ1) is 12.9. The Morgan fingerprint density at radius 2 is 1.86 bits per heavy atom. The molecule has 2 rings (SSSR count). The molecule has 0 saturated heterocycles. The van der Waals surface area contributed by atoms with Gasteiger partial charge < -0.3 is 16.0 Å². The summed E-state index contributed by atoms with van der Waals surface area (Å²) in [6.07, 6.45) is 1.31. The average Bonchev–Trinajstić information content (AvgIpc) is 3.28. The number of nitrogens with zero attached hydrogens (tertiary/aromatic N) is 2. The Kier molecular flexibility index (Phi) is 11.1. The molecule has 1 aromatic rings. The number of carbonyl (C=O) groups excluding carboxylic acids is 1. The number of alkyl halides is 3. The molecule has 1 fully saturated rings. The van der Waals surface area contributed by atoms with Crippen molar-refractivity contribution >= 4 is 47.2 Å². The number of nitrogens with one attached hydrogen (secondary N) is 3. The maximum atomic E-state index is 12.5. The summed E-state index contributed by atoms with van der Waals surface area (Å²) < 4.78 is 37.6. The zero-order valence-corrected chi connectivity index (χ0v) is 18.9. The quantitative estimate of drug-likeness (QED) is 0.208. The highest BCUT2D eigenvalue weighted by Crippen LogP contribution is 2.30. The van der Waals surface area contributed by atoms with E-state index in [1.165, 1.54) is 12.8 Å². The van der Waals surface area contributed by atoms with Crippen molar-refractivity contribution in [2.45, 2.75) is 44.7 Å². The van der Waals surface area contributed by atoms with Gasteiger partial charge in [0.2, 0.25) is 5.91 Å². The fourth-order valence-corrected chi connectivity index (χ4v) is 3.80. The predicted octanol–water partition coefficient (Wildman–Crippen LogP) is 3.18. The molecule has 1 heterocycles. The first kappa shape index (κ1) is 24.9. The van der Waals surface area contributed by atoms with Crippen molar-refractivity contribution in [1.82, 2.24) is 20.9 Å². The van der Waals surface area contributed by atoms with Crippen LogP contribution in [0.15, 0.2) is 10.4 Å². The molecule has 3 N–H and O–H groups in total. The summed E-state index contributed by atoms with van der Waals surface area (Å²) in [5, 5.41) is 10.4. The number of carbonyl (C=O) groups is 1. The maximum Gasteiger partial charge on any atom is 0.434 e. The first-order valence-electron chi connectivity index (χ1n) is 9.11. The molecule has 11 heteroatoms. The first-order valence-corrected chi connectivity index (χ1v) is 9.99. The third-order valence-electron chi connectivity index (χ3n) is 4.39. The third kappa shape index (κ3) is 8.93. The molecular weight excluding hydrogens is 506 g/mol. The van der Waals surface area contributed by atoms with Crippen molar-refractivity contribution in [1.29, 1.82) is 0 Å². The molecule has 1 aromatic heterocycles. The molecule has 0 atom stereocenters. The van der Waals surface area contributed by atoms with Gasteiger partial charge in [-0.25, -0.2) is 4.98 Å². The Balaban J connectivity index is 0.00000392. The van der Waals surface area contributed by atoms with E-state index in [0.717, 1.165) is 29.6 Å². The van der Waals surface area contributed by atoms with Crippen LogP contribution in [-0.2, 0) is 17.4 Å². The second kappa shape index (κ2) is 12.5. The van der Waals surface area contributed by atoms with E-state index in [1.54, 1.807) is 7.05 Å². The average molecular weight is 533 g/mol. The van der Waals surface area contributed by atoms with E-state index in [0.29, 0.717) is 49.4 Å². The lowest BCUT2D eigenvalue weighted by atomic mass is 10.0. The molecule has 1 saturated carbocycles. The zero-order valence-electron chi connectivity index (χ0n) is 15.8. The van der Waals surface area contributed by atoms with Crippen molar-refractivity contribution in [2.75, 3.05) is 26.7 Å². The summed E-state index contributed by atoms with van der Waals surface area (Å²) in [6, 6.07) is 0. The highest BCUT2D eigenvalue weighted by atomic mass is 127. The van der Waals surface area contributed by atoms with E-state index in [2.05, 4.69) is 25.9 Å². The molecule has 0 aromatic carbocycles. The highest BCUT2D eigenvalue weighted by Gasteiger charge is 2.33. The van der Waals surface area contributed by atoms with Gasteiger partial charge in [-0.3, -0.25) is 9.79 Å². The smallest absolute Gasteiger partial charge is 0.356 e. The molecular formula is C17H27F3IN5OS. The van der Waals surface area contributed by atoms with Crippen LogP contribution in [0.25, 0.3) is 0 Å². The van der Waals surface area contributed by atoms with Crippen LogP contribution in [0, 0.1) is 5.92 Å². The van der Waals surface area contributed by atoms with Gasteiger partial charge in [-0.15, -0.1) is 35.3 Å². The second-order valence-corrected chi connectivity index (χ2v) is 7.45. The van der Waals surface area contributed by atoms with Crippen LogP contribution in [0.2, 0.25) is 0 Å². The van der Waals surface area contributed by atoms with Gasteiger partial charge in [-0.1, -0.05) is 12.8 Å². The van der Waals surface area contributed by atoms with E-state index >= 15 is 0 Å². The monoisotopic (exact) mass is 533 g/mol. The summed E-state index contributed by atoms with van der Waals surface area (Å²) in [5.41, 5.74) is -0.849. The topological polar surface area (TPSA) is 78.4 Å². The molecule has 28 heavy (non-hydrogen) atoms. The van der Waals surface area contributed by atoms with E-state index in [9.17, 15) is 18.0 Å². The lowest BCUT2D eigenvalue weighted by molar-refractivity contribution is -0.140. The molecule has 160 valence electrons. The predicted molar refractivity (Wildman–Crippen MR) is 115 cm³/mol. The van der Waals surface area contributed by atoms with Gasteiger partial charge in [0.25, 0.3) is 0 Å². The van der Waals surface area contributed by atoms with E-state index < -0.39 is 11.9 Å².